The Hall–Kier alpha value is -3.42. The van der Waals surface area contributed by atoms with Crippen molar-refractivity contribution in [2.75, 3.05) is 17.2 Å². The summed E-state index contributed by atoms with van der Waals surface area (Å²) in [6, 6.07) is 11.3. The quantitative estimate of drug-likeness (QED) is 0.660. The van der Waals surface area contributed by atoms with Crippen molar-refractivity contribution < 1.29 is 14.1 Å². The molecule has 8 nitrogen and oxygen atoms in total. The lowest BCUT2D eigenvalue weighted by Crippen LogP contribution is -2.20. The molecule has 1 amide bonds. The summed E-state index contributed by atoms with van der Waals surface area (Å²) in [6.45, 7) is 5.47. The van der Waals surface area contributed by atoms with Crippen LogP contribution in [0.1, 0.15) is 23.9 Å². The second kappa shape index (κ2) is 8.31. The normalized spacial score (nSPS) is 10.5. The largest absolute Gasteiger partial charge is 0.467 e. The van der Waals surface area contributed by atoms with E-state index in [0.29, 0.717) is 23.4 Å². The van der Waals surface area contributed by atoms with E-state index in [1.54, 1.807) is 19.1 Å². The Morgan fingerprint density at radius 1 is 1.19 bits per heavy atom. The van der Waals surface area contributed by atoms with Crippen molar-refractivity contribution in [2.24, 2.45) is 0 Å². The average molecular weight is 367 g/mol. The third-order valence-electron chi connectivity index (χ3n) is 3.67. The van der Waals surface area contributed by atoms with E-state index in [9.17, 15) is 4.79 Å². The van der Waals surface area contributed by atoms with E-state index >= 15 is 0 Å². The zero-order valence-electron chi connectivity index (χ0n) is 15.4. The van der Waals surface area contributed by atoms with Crippen molar-refractivity contribution in [3.8, 4) is 5.88 Å². The van der Waals surface area contributed by atoms with Crippen molar-refractivity contribution in [1.29, 1.82) is 0 Å². The molecule has 3 aromatic rings. The van der Waals surface area contributed by atoms with E-state index in [1.165, 1.54) is 5.56 Å². The second-order valence-electron chi connectivity index (χ2n) is 6.01. The smallest absolute Gasteiger partial charge is 0.263 e. The van der Waals surface area contributed by atoms with Gasteiger partial charge in [-0.25, -0.2) is 4.98 Å². The zero-order chi connectivity index (χ0) is 19.2. The van der Waals surface area contributed by atoms with Crippen molar-refractivity contribution in [1.82, 2.24) is 15.1 Å². The molecule has 0 aliphatic rings. The van der Waals surface area contributed by atoms with Crippen molar-refractivity contribution >= 4 is 23.4 Å². The summed E-state index contributed by atoms with van der Waals surface area (Å²) in [6.07, 6.45) is 0.943. The van der Waals surface area contributed by atoms with Crippen molar-refractivity contribution in [3.05, 3.63) is 53.4 Å². The Bertz CT molecular complexity index is 939. The first kappa shape index (κ1) is 18.4. The number of aryl methyl sites for hydroxylation is 3. The van der Waals surface area contributed by atoms with Crippen LogP contribution in [0.2, 0.25) is 0 Å². The van der Waals surface area contributed by atoms with E-state index < -0.39 is 0 Å². The number of hydrogen-bond acceptors (Lipinski definition) is 7. The lowest BCUT2D eigenvalue weighted by molar-refractivity contribution is -0.118. The third kappa shape index (κ3) is 5.27. The van der Waals surface area contributed by atoms with Crippen LogP contribution >= 0.6 is 0 Å². The number of anilines is 3. The SMILES string of the molecule is CCc1cccc(Nc2nc(C)cc(OCC(=O)Nc3cc(C)on3)n2)c1. The molecule has 2 heterocycles. The fraction of sp³-hybridized carbons (Fsp3) is 0.263. The van der Waals surface area contributed by atoms with Gasteiger partial charge < -0.3 is 19.9 Å². The van der Waals surface area contributed by atoms with E-state index in [1.807, 2.05) is 25.1 Å². The maximum atomic E-state index is 11.9. The predicted molar refractivity (Wildman–Crippen MR) is 101 cm³/mol. The number of ether oxygens (including phenoxy) is 1. The predicted octanol–water partition coefficient (Wildman–Crippen LogP) is 3.40. The van der Waals surface area contributed by atoms with Gasteiger partial charge in [0.2, 0.25) is 11.8 Å². The number of nitrogens with zero attached hydrogens (tertiary/aromatic N) is 3. The first-order valence-corrected chi connectivity index (χ1v) is 8.59. The third-order valence-corrected chi connectivity index (χ3v) is 3.67. The van der Waals surface area contributed by atoms with Gasteiger partial charge in [-0.15, -0.1) is 0 Å². The Morgan fingerprint density at radius 2 is 2.04 bits per heavy atom. The number of carbonyl (C=O) groups excluding carboxylic acids is 1. The first-order valence-electron chi connectivity index (χ1n) is 8.59. The zero-order valence-corrected chi connectivity index (χ0v) is 15.4. The van der Waals surface area contributed by atoms with Crippen LogP contribution < -0.4 is 15.4 Å². The molecule has 0 aliphatic heterocycles. The Balaban J connectivity index is 1.63. The van der Waals surface area contributed by atoms with Gasteiger partial charge in [0.1, 0.15) is 5.76 Å². The highest BCUT2D eigenvalue weighted by molar-refractivity contribution is 5.90. The van der Waals surface area contributed by atoms with Gasteiger partial charge in [0.15, 0.2) is 12.4 Å². The number of carbonyl (C=O) groups is 1. The lowest BCUT2D eigenvalue weighted by Gasteiger charge is -2.10. The lowest BCUT2D eigenvalue weighted by atomic mass is 10.1. The molecule has 2 N–H and O–H groups in total. The molecule has 0 radical (unpaired) electrons. The summed E-state index contributed by atoms with van der Waals surface area (Å²) < 4.78 is 10.4. The number of benzene rings is 1. The molecule has 3 rings (SSSR count). The van der Waals surface area contributed by atoms with Gasteiger partial charge in [-0.1, -0.05) is 24.2 Å². The minimum absolute atomic E-state index is 0.201. The molecule has 0 saturated heterocycles. The number of aromatic nitrogens is 3. The maximum absolute atomic E-state index is 11.9. The number of nitrogens with one attached hydrogen (secondary N) is 2. The molecule has 0 unspecified atom stereocenters. The molecule has 8 heteroatoms. The van der Waals surface area contributed by atoms with Crippen LogP contribution in [0.15, 0.2) is 40.9 Å². The molecular weight excluding hydrogens is 346 g/mol. The van der Waals surface area contributed by atoms with Gasteiger partial charge in [-0.05, 0) is 38.0 Å². The van der Waals surface area contributed by atoms with Crippen molar-refractivity contribution in [3.63, 3.8) is 0 Å². The van der Waals surface area contributed by atoms with Gasteiger partial charge in [0.25, 0.3) is 5.91 Å². The van der Waals surface area contributed by atoms with E-state index in [2.05, 4.69) is 38.7 Å². The molecule has 0 atom stereocenters. The topological polar surface area (TPSA) is 102 Å². The average Bonchev–Trinajstić information content (AvgIpc) is 3.04. The summed E-state index contributed by atoms with van der Waals surface area (Å²) in [4.78, 5) is 20.6. The fourth-order valence-corrected chi connectivity index (χ4v) is 2.41. The summed E-state index contributed by atoms with van der Waals surface area (Å²) in [5.41, 5.74) is 2.83. The van der Waals surface area contributed by atoms with E-state index in [4.69, 9.17) is 9.26 Å². The Labute approximate surface area is 157 Å². The summed E-state index contributed by atoms with van der Waals surface area (Å²) in [5.74, 6) is 1.32. The van der Waals surface area contributed by atoms with Crippen molar-refractivity contribution in [2.45, 2.75) is 27.2 Å². The van der Waals surface area contributed by atoms with Gasteiger partial charge >= 0.3 is 0 Å². The van der Waals surface area contributed by atoms with Gasteiger partial charge in [0, 0.05) is 23.5 Å². The monoisotopic (exact) mass is 367 g/mol. The molecule has 2 aromatic heterocycles. The van der Waals surface area contributed by atoms with Crippen LogP contribution in [0.25, 0.3) is 0 Å². The minimum atomic E-state index is -0.357. The first-order chi connectivity index (χ1) is 13.0. The van der Waals surface area contributed by atoms with Crippen LogP contribution in [0.4, 0.5) is 17.5 Å². The molecule has 0 bridgehead atoms. The minimum Gasteiger partial charge on any atom is -0.467 e. The van der Waals surface area contributed by atoms with Gasteiger partial charge in [0.05, 0.1) is 0 Å². The summed E-state index contributed by atoms with van der Waals surface area (Å²) in [5, 5.41) is 9.45. The number of amides is 1. The molecule has 0 aliphatic carbocycles. The highest BCUT2D eigenvalue weighted by Crippen LogP contribution is 2.18. The highest BCUT2D eigenvalue weighted by atomic mass is 16.5. The Kier molecular flexibility index (Phi) is 5.65. The maximum Gasteiger partial charge on any atom is 0.263 e. The van der Waals surface area contributed by atoms with Gasteiger partial charge in [-0.2, -0.15) is 4.98 Å². The van der Waals surface area contributed by atoms with E-state index in [0.717, 1.165) is 17.8 Å². The molecule has 1 aromatic carbocycles. The Morgan fingerprint density at radius 3 is 2.78 bits per heavy atom. The molecular formula is C19H21N5O3. The standard InChI is InChI=1S/C19H21N5O3/c1-4-14-6-5-7-15(10-14)21-19-20-12(2)8-18(23-19)26-11-17(25)22-16-9-13(3)27-24-16/h5-10H,4,11H2,1-3H3,(H,20,21,23)(H,22,24,25). The molecule has 27 heavy (non-hydrogen) atoms. The fourth-order valence-electron chi connectivity index (χ4n) is 2.41. The summed E-state index contributed by atoms with van der Waals surface area (Å²) >= 11 is 0. The number of hydrogen-bond donors (Lipinski definition) is 2. The van der Waals surface area contributed by atoms with Crippen LogP contribution in [-0.4, -0.2) is 27.6 Å². The van der Waals surface area contributed by atoms with Crippen LogP contribution in [0, 0.1) is 13.8 Å². The molecule has 0 spiro atoms. The highest BCUT2D eigenvalue weighted by Gasteiger charge is 2.09. The summed E-state index contributed by atoms with van der Waals surface area (Å²) in [7, 11) is 0. The second-order valence-corrected chi connectivity index (χ2v) is 6.01. The van der Waals surface area contributed by atoms with Crippen LogP contribution in [0.5, 0.6) is 5.88 Å². The van der Waals surface area contributed by atoms with E-state index in [-0.39, 0.29) is 12.5 Å². The molecule has 0 saturated carbocycles. The van der Waals surface area contributed by atoms with Crippen LogP contribution in [0.3, 0.4) is 0 Å². The van der Waals surface area contributed by atoms with Gasteiger partial charge in [-0.3, -0.25) is 4.79 Å². The van der Waals surface area contributed by atoms with Crippen LogP contribution in [-0.2, 0) is 11.2 Å². The number of rotatable bonds is 7. The molecule has 0 fully saturated rings. The molecule has 140 valence electrons.